The summed E-state index contributed by atoms with van der Waals surface area (Å²) in [6.07, 6.45) is 9.11. The van der Waals surface area contributed by atoms with Gasteiger partial charge in [-0.15, -0.1) is 0 Å². The van der Waals surface area contributed by atoms with Crippen molar-refractivity contribution in [2.75, 3.05) is 6.54 Å². The predicted octanol–water partition coefficient (Wildman–Crippen LogP) is 1.07. The Labute approximate surface area is 67.4 Å². The fourth-order valence-electron chi connectivity index (χ4n) is 2.13. The number of hydrogen-bond donors (Lipinski definition) is 1. The quantitative estimate of drug-likeness (QED) is 0.602. The molecule has 2 rings (SSSR count). The van der Waals surface area contributed by atoms with Crippen LogP contribution in [0.3, 0.4) is 0 Å². The molecule has 0 amide bonds. The van der Waals surface area contributed by atoms with Gasteiger partial charge < -0.3 is 10.5 Å². The van der Waals surface area contributed by atoms with Crippen LogP contribution in [0.4, 0.5) is 0 Å². The molecule has 0 aliphatic carbocycles. The summed E-state index contributed by atoms with van der Waals surface area (Å²) in [6, 6.07) is 0. The van der Waals surface area contributed by atoms with Gasteiger partial charge >= 0.3 is 0 Å². The number of hydrogen-bond acceptors (Lipinski definition) is 2. The predicted molar refractivity (Wildman–Crippen MR) is 44.2 cm³/mol. The van der Waals surface area contributed by atoms with E-state index in [1.807, 2.05) is 0 Å². The summed E-state index contributed by atoms with van der Waals surface area (Å²) in [5.41, 5.74) is 5.38. The first-order valence-corrected chi connectivity index (χ1v) is 4.42. The molecule has 2 heteroatoms. The first-order chi connectivity index (χ1) is 5.40. The molecule has 2 aliphatic rings. The summed E-state index contributed by atoms with van der Waals surface area (Å²) in [5.74, 6) is 0.664. The molecule has 0 radical (unpaired) electrons. The maximum absolute atomic E-state index is 5.69. The van der Waals surface area contributed by atoms with Crippen LogP contribution in [0.1, 0.15) is 19.3 Å². The van der Waals surface area contributed by atoms with Gasteiger partial charge in [0.25, 0.3) is 0 Å². The maximum atomic E-state index is 5.69. The van der Waals surface area contributed by atoms with Crippen molar-refractivity contribution in [2.45, 2.75) is 31.5 Å². The molecular weight excluding hydrogens is 138 g/mol. The van der Waals surface area contributed by atoms with Crippen molar-refractivity contribution < 1.29 is 4.74 Å². The minimum absolute atomic E-state index is 0.516. The van der Waals surface area contributed by atoms with Gasteiger partial charge in [-0.2, -0.15) is 0 Å². The third kappa shape index (κ3) is 1.33. The summed E-state index contributed by atoms with van der Waals surface area (Å²) in [5, 5.41) is 0. The highest BCUT2D eigenvalue weighted by Crippen LogP contribution is 2.39. The Morgan fingerprint density at radius 3 is 2.91 bits per heavy atom. The summed E-state index contributed by atoms with van der Waals surface area (Å²) in [6.45, 7) is 0.661. The van der Waals surface area contributed by atoms with Gasteiger partial charge in [0.2, 0.25) is 0 Å². The van der Waals surface area contributed by atoms with E-state index in [2.05, 4.69) is 12.2 Å². The molecule has 2 bridgehead atoms. The van der Waals surface area contributed by atoms with Crippen LogP contribution in [-0.4, -0.2) is 18.8 Å². The van der Waals surface area contributed by atoms with Crippen molar-refractivity contribution >= 4 is 0 Å². The highest BCUT2D eigenvalue weighted by Gasteiger charge is 2.38. The molecule has 2 saturated heterocycles. The van der Waals surface area contributed by atoms with Crippen LogP contribution >= 0.6 is 0 Å². The first kappa shape index (κ1) is 7.32. The van der Waals surface area contributed by atoms with Gasteiger partial charge in [-0.25, -0.2) is 0 Å². The van der Waals surface area contributed by atoms with Crippen molar-refractivity contribution in [3.05, 3.63) is 12.2 Å². The number of rotatable bonds is 2. The zero-order valence-electron chi connectivity index (χ0n) is 6.70. The average Bonchev–Trinajstić information content (AvgIpc) is 2.60. The largest absolute Gasteiger partial charge is 0.374 e. The fraction of sp³-hybridized carbons (Fsp3) is 0.778. The van der Waals surface area contributed by atoms with E-state index in [9.17, 15) is 0 Å². The van der Waals surface area contributed by atoms with Crippen molar-refractivity contribution in [3.8, 4) is 0 Å². The van der Waals surface area contributed by atoms with Crippen LogP contribution in [0, 0.1) is 5.92 Å². The van der Waals surface area contributed by atoms with Crippen LogP contribution in [0.25, 0.3) is 0 Å². The van der Waals surface area contributed by atoms with Gasteiger partial charge in [0.15, 0.2) is 0 Å². The van der Waals surface area contributed by atoms with E-state index >= 15 is 0 Å². The van der Waals surface area contributed by atoms with Crippen LogP contribution in [0.2, 0.25) is 0 Å². The van der Waals surface area contributed by atoms with Gasteiger partial charge in [-0.05, 0) is 19.3 Å². The molecule has 0 aromatic heterocycles. The highest BCUT2D eigenvalue weighted by molar-refractivity contribution is 5.01. The van der Waals surface area contributed by atoms with Gasteiger partial charge in [0.05, 0.1) is 12.2 Å². The molecule has 2 aliphatic heterocycles. The molecule has 62 valence electrons. The molecule has 0 spiro atoms. The summed E-state index contributed by atoms with van der Waals surface area (Å²) in [4.78, 5) is 0. The fourth-order valence-corrected chi connectivity index (χ4v) is 2.13. The summed E-state index contributed by atoms with van der Waals surface area (Å²) in [7, 11) is 0. The monoisotopic (exact) mass is 153 g/mol. The van der Waals surface area contributed by atoms with Crippen LogP contribution in [0.5, 0.6) is 0 Å². The molecule has 2 fully saturated rings. The van der Waals surface area contributed by atoms with Crippen LogP contribution in [-0.2, 0) is 4.74 Å². The van der Waals surface area contributed by atoms with E-state index in [1.165, 1.54) is 19.3 Å². The normalized spacial score (nSPS) is 42.5. The molecule has 0 aromatic carbocycles. The molecule has 3 unspecified atom stereocenters. The topological polar surface area (TPSA) is 35.2 Å². The second-order valence-corrected chi connectivity index (χ2v) is 3.44. The smallest absolute Gasteiger partial charge is 0.0643 e. The van der Waals surface area contributed by atoms with Crippen molar-refractivity contribution in [2.24, 2.45) is 11.7 Å². The molecular formula is C9H15NO. The van der Waals surface area contributed by atoms with Gasteiger partial charge in [-0.3, -0.25) is 0 Å². The second kappa shape index (κ2) is 2.95. The first-order valence-electron chi connectivity index (χ1n) is 4.42. The zero-order chi connectivity index (χ0) is 7.68. The summed E-state index contributed by atoms with van der Waals surface area (Å²) < 4.78 is 5.69. The van der Waals surface area contributed by atoms with Crippen molar-refractivity contribution in [3.63, 3.8) is 0 Å². The molecule has 2 N–H and O–H groups in total. The Morgan fingerprint density at radius 2 is 2.36 bits per heavy atom. The Hall–Kier alpha value is -0.340. The molecule has 3 atom stereocenters. The second-order valence-electron chi connectivity index (χ2n) is 3.44. The van der Waals surface area contributed by atoms with E-state index in [0.717, 1.165) is 0 Å². The lowest BCUT2D eigenvalue weighted by molar-refractivity contribution is 0.0979. The Bertz CT molecular complexity index is 167. The van der Waals surface area contributed by atoms with Crippen LogP contribution in [0.15, 0.2) is 12.2 Å². The average molecular weight is 153 g/mol. The Morgan fingerprint density at radius 1 is 1.45 bits per heavy atom. The summed E-state index contributed by atoms with van der Waals surface area (Å²) >= 11 is 0. The molecule has 11 heavy (non-hydrogen) atoms. The number of ether oxygens (including phenoxy) is 1. The van der Waals surface area contributed by atoms with Crippen molar-refractivity contribution in [1.29, 1.82) is 0 Å². The number of fused-ring (bicyclic) bond motifs is 2. The minimum Gasteiger partial charge on any atom is -0.374 e. The third-order valence-corrected chi connectivity index (χ3v) is 2.67. The van der Waals surface area contributed by atoms with E-state index < -0.39 is 0 Å². The molecule has 2 heterocycles. The van der Waals surface area contributed by atoms with Crippen molar-refractivity contribution in [1.82, 2.24) is 0 Å². The Kier molecular flexibility index (Phi) is 1.96. The zero-order valence-corrected chi connectivity index (χ0v) is 6.70. The van der Waals surface area contributed by atoms with E-state index in [1.54, 1.807) is 0 Å². The van der Waals surface area contributed by atoms with Crippen LogP contribution < -0.4 is 5.73 Å². The van der Waals surface area contributed by atoms with E-state index in [0.29, 0.717) is 24.7 Å². The minimum atomic E-state index is 0.516. The molecule has 0 aromatic rings. The highest BCUT2D eigenvalue weighted by atomic mass is 16.5. The Balaban J connectivity index is 1.92. The lowest BCUT2D eigenvalue weighted by atomic mass is 9.89. The van der Waals surface area contributed by atoms with Gasteiger partial charge in [0, 0.05) is 12.5 Å². The number of nitrogens with two attached hydrogens (primary N) is 1. The standard InChI is InChI=1S/C9H15NO/c10-5-1-2-7-6-8-3-4-9(7)11-8/h1-2,7-9H,3-6,10H2/b2-1+. The maximum Gasteiger partial charge on any atom is 0.0643 e. The lowest BCUT2D eigenvalue weighted by Gasteiger charge is -2.13. The van der Waals surface area contributed by atoms with Gasteiger partial charge in [0.1, 0.15) is 0 Å². The molecule has 0 saturated carbocycles. The SMILES string of the molecule is NC/C=C/C1CC2CCC1O2. The molecule has 2 nitrogen and oxygen atoms in total. The van der Waals surface area contributed by atoms with E-state index in [-0.39, 0.29) is 0 Å². The lowest BCUT2D eigenvalue weighted by Crippen LogP contribution is -2.14. The third-order valence-electron chi connectivity index (χ3n) is 2.67. The van der Waals surface area contributed by atoms with E-state index in [4.69, 9.17) is 10.5 Å². The van der Waals surface area contributed by atoms with Gasteiger partial charge in [-0.1, -0.05) is 12.2 Å².